The van der Waals surface area contributed by atoms with E-state index in [1.165, 1.54) is 13.0 Å². The van der Waals surface area contributed by atoms with E-state index in [1.54, 1.807) is 26.0 Å². The predicted molar refractivity (Wildman–Crippen MR) is 149 cm³/mol. The Bertz CT molecular complexity index is 1190. The van der Waals surface area contributed by atoms with Crippen LogP contribution >= 0.6 is 0 Å². The molecule has 1 aliphatic rings. The molecule has 0 radical (unpaired) electrons. The van der Waals surface area contributed by atoms with Gasteiger partial charge in [-0.2, -0.15) is 0 Å². The van der Waals surface area contributed by atoms with E-state index in [0.29, 0.717) is 12.1 Å². The van der Waals surface area contributed by atoms with E-state index in [2.05, 4.69) is 20.9 Å². The maximum absolute atomic E-state index is 13.3. The molecule has 3 amide bonds. The van der Waals surface area contributed by atoms with Crippen LogP contribution in [-0.4, -0.2) is 71.1 Å². The zero-order chi connectivity index (χ0) is 29.4. The lowest BCUT2D eigenvalue weighted by molar-refractivity contribution is -0.139. The molecule has 0 saturated carbocycles. The van der Waals surface area contributed by atoms with Gasteiger partial charge in [0.25, 0.3) is 5.91 Å². The van der Waals surface area contributed by atoms with Crippen molar-refractivity contribution < 1.29 is 33.6 Å². The number of pyridine rings is 1. The monoisotopic (exact) mass is 552 g/mol. The number of aliphatic hydroxyl groups is 1. The summed E-state index contributed by atoms with van der Waals surface area (Å²) in [5.74, 6) is -3.10. The van der Waals surface area contributed by atoms with Crippen molar-refractivity contribution in [3.05, 3.63) is 54.2 Å². The van der Waals surface area contributed by atoms with Crippen molar-refractivity contribution in [3.8, 4) is 11.3 Å². The van der Waals surface area contributed by atoms with Gasteiger partial charge < -0.3 is 30.4 Å². The first-order valence-corrected chi connectivity index (χ1v) is 13.4. The van der Waals surface area contributed by atoms with Crippen LogP contribution in [0, 0.1) is 5.92 Å². The fraction of sp³-hybridized carbons (Fsp3) is 0.464. The maximum Gasteiger partial charge on any atom is 0.552 e. The summed E-state index contributed by atoms with van der Waals surface area (Å²) < 4.78 is 11.1. The van der Waals surface area contributed by atoms with Gasteiger partial charge in [-0.25, -0.2) is 4.98 Å². The quantitative estimate of drug-likeness (QED) is 0.290. The van der Waals surface area contributed by atoms with Crippen molar-refractivity contribution in [2.45, 2.75) is 77.7 Å². The average molecular weight is 552 g/mol. The highest BCUT2D eigenvalue weighted by Crippen LogP contribution is 2.20. The number of aliphatic hydroxyl groups excluding tert-OH is 1. The van der Waals surface area contributed by atoms with Crippen LogP contribution in [0.3, 0.4) is 0 Å². The standard InChI is InChI=1S/C28H37BN4O7/c1-16(2)14-23(29-39-22(28(38)40-29)15-24(35)30-17(3)4)32-27(37)25(18(5)34)33-26(36)21-13-9-12-20(31-21)19-10-7-6-8-11-19/h6-13,16-18,22-23,25,34H,14-15H2,1-5H3,(H,30,35)(H,32,37)(H,33,36)/t18-,22-,23+,25+/m1/s1. The molecule has 2 heterocycles. The van der Waals surface area contributed by atoms with Crippen LogP contribution in [0.5, 0.6) is 0 Å². The van der Waals surface area contributed by atoms with E-state index >= 15 is 0 Å². The van der Waals surface area contributed by atoms with Crippen LogP contribution in [0.1, 0.15) is 57.9 Å². The van der Waals surface area contributed by atoms with Gasteiger partial charge in [0.15, 0.2) is 0 Å². The van der Waals surface area contributed by atoms with Crippen LogP contribution in [0.25, 0.3) is 11.3 Å². The minimum atomic E-state index is -1.32. The third-order valence-corrected chi connectivity index (χ3v) is 6.10. The van der Waals surface area contributed by atoms with E-state index in [0.717, 1.165) is 5.56 Å². The minimum absolute atomic E-state index is 0.0698. The molecule has 4 N–H and O–H groups in total. The smallest absolute Gasteiger partial charge is 0.506 e. The lowest BCUT2D eigenvalue weighted by atomic mass is 9.74. The Morgan fingerprint density at radius 1 is 0.975 bits per heavy atom. The van der Waals surface area contributed by atoms with Gasteiger partial charge in [0.1, 0.15) is 17.8 Å². The molecule has 1 aromatic carbocycles. The number of hydrogen-bond acceptors (Lipinski definition) is 8. The maximum atomic E-state index is 13.3. The largest absolute Gasteiger partial charge is 0.552 e. The number of aromatic nitrogens is 1. The van der Waals surface area contributed by atoms with Crippen LogP contribution in [0.4, 0.5) is 0 Å². The Morgan fingerprint density at radius 2 is 1.68 bits per heavy atom. The Hall–Kier alpha value is -3.77. The van der Waals surface area contributed by atoms with E-state index in [1.807, 2.05) is 44.2 Å². The van der Waals surface area contributed by atoms with Gasteiger partial charge in [-0.15, -0.1) is 0 Å². The zero-order valence-corrected chi connectivity index (χ0v) is 23.4. The van der Waals surface area contributed by atoms with E-state index in [9.17, 15) is 24.3 Å². The summed E-state index contributed by atoms with van der Waals surface area (Å²) in [5, 5.41) is 18.4. The van der Waals surface area contributed by atoms with Crippen LogP contribution in [-0.2, 0) is 23.7 Å². The molecular formula is C28H37BN4O7. The number of carbonyl (C=O) groups is 4. The molecule has 1 aromatic heterocycles. The highest BCUT2D eigenvalue weighted by atomic mass is 16.7. The minimum Gasteiger partial charge on any atom is -0.506 e. The summed E-state index contributed by atoms with van der Waals surface area (Å²) in [5.41, 5.74) is 1.49. The lowest BCUT2D eigenvalue weighted by Crippen LogP contribution is -2.57. The van der Waals surface area contributed by atoms with Gasteiger partial charge in [0.2, 0.25) is 11.8 Å². The number of hydrogen-bond donors (Lipinski definition) is 4. The predicted octanol–water partition coefficient (Wildman–Crippen LogP) is 1.64. The molecule has 12 heteroatoms. The highest BCUT2D eigenvalue weighted by Gasteiger charge is 2.47. The highest BCUT2D eigenvalue weighted by molar-refractivity contribution is 6.51. The molecule has 0 bridgehead atoms. The first kappa shape index (κ1) is 30.8. The molecular weight excluding hydrogens is 515 g/mol. The fourth-order valence-electron chi connectivity index (χ4n) is 4.26. The summed E-state index contributed by atoms with van der Waals surface area (Å²) in [7, 11) is -1.13. The Morgan fingerprint density at radius 3 is 2.30 bits per heavy atom. The van der Waals surface area contributed by atoms with Crippen LogP contribution in [0.15, 0.2) is 48.5 Å². The lowest BCUT2D eigenvalue weighted by Gasteiger charge is -2.26. The number of carbonyl (C=O) groups excluding carboxylic acids is 4. The number of rotatable bonds is 12. The Balaban J connectivity index is 1.70. The van der Waals surface area contributed by atoms with Crippen molar-refractivity contribution in [2.24, 2.45) is 5.92 Å². The van der Waals surface area contributed by atoms with Gasteiger partial charge >= 0.3 is 13.1 Å². The van der Waals surface area contributed by atoms with Gasteiger partial charge in [-0.05, 0) is 45.2 Å². The van der Waals surface area contributed by atoms with Crippen molar-refractivity contribution in [1.82, 2.24) is 20.9 Å². The molecule has 1 saturated heterocycles. The van der Waals surface area contributed by atoms with Gasteiger partial charge in [0, 0.05) is 11.6 Å². The van der Waals surface area contributed by atoms with Crippen molar-refractivity contribution in [3.63, 3.8) is 0 Å². The van der Waals surface area contributed by atoms with Gasteiger partial charge in [-0.3, -0.25) is 19.2 Å². The summed E-state index contributed by atoms with van der Waals surface area (Å²) in [6.07, 6.45) is -2.20. The third kappa shape index (κ3) is 8.62. The Labute approximate surface area is 234 Å². The number of nitrogens with zero attached hydrogens (tertiary/aromatic N) is 1. The topological polar surface area (TPSA) is 156 Å². The second kappa shape index (κ2) is 14.0. The van der Waals surface area contributed by atoms with Crippen molar-refractivity contribution in [1.29, 1.82) is 0 Å². The van der Waals surface area contributed by atoms with E-state index in [-0.39, 0.29) is 30.0 Å². The molecule has 1 fully saturated rings. The second-order valence-electron chi connectivity index (χ2n) is 10.6. The van der Waals surface area contributed by atoms with Crippen LogP contribution in [0.2, 0.25) is 0 Å². The first-order valence-electron chi connectivity index (χ1n) is 13.4. The third-order valence-electron chi connectivity index (χ3n) is 6.10. The summed E-state index contributed by atoms with van der Waals surface area (Å²) >= 11 is 0. The first-order chi connectivity index (χ1) is 18.9. The SMILES string of the molecule is CC(C)C[C@H](NC(=O)[C@@H](NC(=O)c1cccc(-c2ccccc2)n1)[C@@H](C)O)B1OC(=O)[C@@H](CC(=O)NC(C)C)O1. The molecule has 0 spiro atoms. The number of nitrogens with one attached hydrogen (secondary N) is 3. The van der Waals surface area contributed by atoms with E-state index in [4.69, 9.17) is 9.31 Å². The fourth-order valence-corrected chi connectivity index (χ4v) is 4.26. The number of benzene rings is 1. The summed E-state index contributed by atoms with van der Waals surface area (Å²) in [4.78, 5) is 55.3. The van der Waals surface area contributed by atoms with Gasteiger partial charge in [0.05, 0.1) is 24.2 Å². The number of amides is 3. The zero-order valence-electron chi connectivity index (χ0n) is 23.4. The Kier molecular flexibility index (Phi) is 10.8. The van der Waals surface area contributed by atoms with Crippen molar-refractivity contribution in [2.75, 3.05) is 0 Å². The molecule has 2 aromatic rings. The molecule has 40 heavy (non-hydrogen) atoms. The molecule has 0 aliphatic carbocycles. The van der Waals surface area contributed by atoms with E-state index < -0.39 is 49.1 Å². The second-order valence-corrected chi connectivity index (χ2v) is 10.6. The molecule has 0 unspecified atom stereocenters. The molecule has 1 aliphatic heterocycles. The normalized spacial score (nSPS) is 17.2. The van der Waals surface area contributed by atoms with Crippen molar-refractivity contribution >= 4 is 30.8 Å². The molecule has 214 valence electrons. The molecule has 4 atom stereocenters. The summed E-state index contributed by atoms with van der Waals surface area (Å²) in [6, 6.07) is 12.9. The molecule has 11 nitrogen and oxygen atoms in total. The average Bonchev–Trinajstić information content (AvgIpc) is 3.26. The van der Waals surface area contributed by atoms with Crippen LogP contribution < -0.4 is 16.0 Å². The molecule has 3 rings (SSSR count). The van der Waals surface area contributed by atoms with Gasteiger partial charge in [-0.1, -0.05) is 50.2 Å². The summed E-state index contributed by atoms with van der Waals surface area (Å²) in [6.45, 7) is 8.82.